The van der Waals surface area contributed by atoms with Gasteiger partial charge in [-0.25, -0.2) is 4.52 Å². The third-order valence-corrected chi connectivity index (χ3v) is 4.89. The minimum atomic E-state index is -0.552. The number of hydrogen-bond donors (Lipinski definition) is 2. The second kappa shape index (κ2) is 6.57. The average molecular weight is 367 g/mol. The fraction of sp³-hybridized carbons (Fsp3) is 0.350. The Labute approximate surface area is 157 Å². The van der Waals surface area contributed by atoms with Gasteiger partial charge < -0.3 is 11.1 Å². The average Bonchev–Trinajstić information content (AvgIpc) is 3.00. The number of fused-ring (bicyclic) bond motifs is 1. The molecule has 0 aliphatic rings. The second-order valence-corrected chi connectivity index (χ2v) is 7.97. The highest BCUT2D eigenvalue weighted by atomic mass is 16.1. The Balaban J connectivity index is 2.21. The highest BCUT2D eigenvalue weighted by Gasteiger charge is 2.23. The Kier molecular flexibility index (Phi) is 4.55. The van der Waals surface area contributed by atoms with Crippen LogP contribution in [0.3, 0.4) is 0 Å². The Bertz CT molecular complexity index is 1070. The molecule has 142 valence electrons. The van der Waals surface area contributed by atoms with Gasteiger partial charge in [0, 0.05) is 18.3 Å². The van der Waals surface area contributed by atoms with Crippen molar-refractivity contribution < 1.29 is 4.79 Å². The number of aromatic nitrogens is 3. The molecule has 7 heteroatoms. The maximum Gasteiger partial charge on any atom is 0.255 e. The monoisotopic (exact) mass is 367 g/mol. The van der Waals surface area contributed by atoms with E-state index in [0.29, 0.717) is 22.5 Å². The summed E-state index contributed by atoms with van der Waals surface area (Å²) in [7, 11) is 0. The number of rotatable bonds is 4. The summed E-state index contributed by atoms with van der Waals surface area (Å²) < 4.78 is 3.21. The smallest absolute Gasteiger partial charge is 0.255 e. The van der Waals surface area contributed by atoms with E-state index < -0.39 is 5.91 Å². The first-order valence-corrected chi connectivity index (χ1v) is 8.85. The number of anilines is 1. The normalized spacial score (nSPS) is 12.9. The topological polar surface area (TPSA) is 94.4 Å². The molecule has 0 fully saturated rings. The molecular weight excluding hydrogens is 342 g/mol. The lowest BCUT2D eigenvalue weighted by molar-refractivity contribution is 0.100. The van der Waals surface area contributed by atoms with Crippen LogP contribution in [0.5, 0.6) is 0 Å². The highest BCUT2D eigenvalue weighted by molar-refractivity contribution is 6.02. The zero-order chi connectivity index (χ0) is 19.9. The predicted octanol–water partition coefficient (Wildman–Crippen LogP) is 2.74. The number of primary amides is 1. The van der Waals surface area contributed by atoms with E-state index in [1.807, 2.05) is 13.0 Å². The molecule has 0 aliphatic carbocycles. The second-order valence-electron chi connectivity index (χ2n) is 7.97. The van der Waals surface area contributed by atoms with Gasteiger partial charge >= 0.3 is 0 Å². The van der Waals surface area contributed by atoms with E-state index in [-0.39, 0.29) is 17.0 Å². The van der Waals surface area contributed by atoms with E-state index >= 15 is 0 Å². The summed E-state index contributed by atoms with van der Waals surface area (Å²) in [6, 6.07) is 5.20. The van der Waals surface area contributed by atoms with Crippen LogP contribution in [-0.4, -0.2) is 26.1 Å². The molecule has 0 aliphatic heterocycles. The number of aryl methyl sites for hydroxylation is 1. The van der Waals surface area contributed by atoms with Gasteiger partial charge in [-0.15, -0.1) is 0 Å². The summed E-state index contributed by atoms with van der Waals surface area (Å²) in [5.41, 5.74) is 8.67. The summed E-state index contributed by atoms with van der Waals surface area (Å²) in [4.78, 5) is 24.2. The number of pyridine rings is 1. The molecule has 3 heterocycles. The van der Waals surface area contributed by atoms with E-state index in [4.69, 9.17) is 5.73 Å². The molecule has 7 nitrogen and oxygen atoms in total. The first-order valence-electron chi connectivity index (χ1n) is 8.85. The lowest BCUT2D eigenvalue weighted by Crippen LogP contribution is -2.32. The fourth-order valence-electron chi connectivity index (χ4n) is 2.74. The zero-order valence-corrected chi connectivity index (χ0v) is 16.3. The van der Waals surface area contributed by atoms with Gasteiger partial charge in [-0.3, -0.25) is 14.2 Å². The molecule has 3 aromatic heterocycles. The maximum atomic E-state index is 12.3. The number of carbonyl (C=O) groups excluding carboxylic acids is 1. The minimum Gasteiger partial charge on any atom is -0.380 e. The van der Waals surface area contributed by atoms with E-state index in [1.54, 1.807) is 27.5 Å². The molecule has 27 heavy (non-hydrogen) atoms. The molecule has 3 rings (SSSR count). The van der Waals surface area contributed by atoms with Crippen molar-refractivity contribution in [2.24, 2.45) is 11.1 Å². The van der Waals surface area contributed by atoms with E-state index in [9.17, 15) is 9.59 Å². The van der Waals surface area contributed by atoms with Crippen LogP contribution in [-0.2, 0) is 0 Å². The van der Waals surface area contributed by atoms with Gasteiger partial charge in [0.05, 0.1) is 34.8 Å². The molecule has 0 bridgehead atoms. The maximum absolute atomic E-state index is 12.3. The Morgan fingerprint density at radius 3 is 2.59 bits per heavy atom. The molecule has 1 unspecified atom stereocenters. The van der Waals surface area contributed by atoms with Crippen molar-refractivity contribution in [2.75, 3.05) is 5.32 Å². The van der Waals surface area contributed by atoms with Gasteiger partial charge in [0.15, 0.2) is 0 Å². The summed E-state index contributed by atoms with van der Waals surface area (Å²) in [6.07, 6.45) is 4.99. The lowest BCUT2D eigenvalue weighted by atomic mass is 9.88. The number of amides is 1. The third-order valence-electron chi connectivity index (χ3n) is 4.89. The predicted molar refractivity (Wildman–Crippen MR) is 107 cm³/mol. The molecule has 0 saturated carbocycles. The minimum absolute atomic E-state index is 0.0297. The Morgan fingerprint density at radius 2 is 1.96 bits per heavy atom. The standard InChI is InChI=1S/C20H25N5O2/c1-12-6-7-17(26)24(10-12)14-8-16-18(23-13(2)20(3,4)5)15(19(21)27)9-22-25(16)11-14/h6-11,13,23H,1-5H3,(H2,21,27). The molecule has 3 N–H and O–H groups in total. The van der Waals surface area contributed by atoms with E-state index in [2.05, 4.69) is 38.1 Å². The van der Waals surface area contributed by atoms with Crippen molar-refractivity contribution in [3.63, 3.8) is 0 Å². The number of nitrogens with two attached hydrogens (primary N) is 1. The SMILES string of the molecule is Cc1ccc(=O)n(-c2cc3c(NC(C)C(C)(C)C)c(C(N)=O)cnn3c2)c1. The number of carbonyl (C=O) groups is 1. The number of nitrogens with zero attached hydrogens (tertiary/aromatic N) is 3. The number of nitrogens with one attached hydrogen (secondary N) is 1. The molecule has 1 amide bonds. The van der Waals surface area contributed by atoms with Crippen LogP contribution >= 0.6 is 0 Å². The lowest BCUT2D eigenvalue weighted by Gasteiger charge is -2.29. The van der Waals surface area contributed by atoms with Gasteiger partial charge in [-0.2, -0.15) is 5.10 Å². The van der Waals surface area contributed by atoms with Crippen LogP contribution < -0.4 is 16.6 Å². The van der Waals surface area contributed by atoms with Crippen LogP contribution in [0.2, 0.25) is 0 Å². The van der Waals surface area contributed by atoms with Crippen molar-refractivity contribution in [3.05, 3.63) is 58.3 Å². The first kappa shape index (κ1) is 18.7. The molecule has 3 aromatic rings. The molecular formula is C20H25N5O2. The van der Waals surface area contributed by atoms with Crippen molar-refractivity contribution in [1.82, 2.24) is 14.2 Å². The van der Waals surface area contributed by atoms with Gasteiger partial charge in [-0.05, 0) is 30.9 Å². The molecule has 0 radical (unpaired) electrons. The van der Waals surface area contributed by atoms with Crippen LogP contribution in [0.4, 0.5) is 5.69 Å². The summed E-state index contributed by atoms with van der Waals surface area (Å²) in [5.74, 6) is -0.552. The largest absolute Gasteiger partial charge is 0.380 e. The molecule has 0 aromatic carbocycles. The Hall–Kier alpha value is -3.09. The van der Waals surface area contributed by atoms with E-state index in [0.717, 1.165) is 5.56 Å². The van der Waals surface area contributed by atoms with Gasteiger partial charge in [0.25, 0.3) is 11.5 Å². The van der Waals surface area contributed by atoms with Crippen LogP contribution in [0.25, 0.3) is 11.2 Å². The first-order chi connectivity index (χ1) is 12.6. The van der Waals surface area contributed by atoms with Crippen molar-refractivity contribution in [1.29, 1.82) is 0 Å². The van der Waals surface area contributed by atoms with Crippen molar-refractivity contribution in [3.8, 4) is 5.69 Å². The van der Waals surface area contributed by atoms with Gasteiger partial charge in [0.1, 0.15) is 0 Å². The van der Waals surface area contributed by atoms with Gasteiger partial charge in [-0.1, -0.05) is 26.8 Å². The summed E-state index contributed by atoms with van der Waals surface area (Å²) in [5, 5.41) is 7.71. The van der Waals surface area contributed by atoms with Gasteiger partial charge in [0.2, 0.25) is 0 Å². The van der Waals surface area contributed by atoms with Crippen LogP contribution in [0.15, 0.2) is 41.6 Å². The summed E-state index contributed by atoms with van der Waals surface area (Å²) in [6.45, 7) is 10.3. The van der Waals surface area contributed by atoms with E-state index in [1.165, 1.54) is 12.3 Å². The zero-order valence-electron chi connectivity index (χ0n) is 16.3. The quantitative estimate of drug-likeness (QED) is 0.741. The van der Waals surface area contributed by atoms with Crippen molar-refractivity contribution >= 4 is 17.1 Å². The third kappa shape index (κ3) is 3.58. The molecule has 1 atom stereocenters. The van der Waals surface area contributed by atoms with Crippen LogP contribution in [0, 0.1) is 12.3 Å². The highest BCUT2D eigenvalue weighted by Crippen LogP contribution is 2.29. The molecule has 0 spiro atoms. The number of hydrogen-bond acceptors (Lipinski definition) is 4. The fourth-order valence-corrected chi connectivity index (χ4v) is 2.74. The van der Waals surface area contributed by atoms with Crippen LogP contribution in [0.1, 0.15) is 43.6 Å². The molecule has 0 saturated heterocycles. The van der Waals surface area contributed by atoms with Crippen molar-refractivity contribution in [2.45, 2.75) is 40.7 Å². The summed E-state index contributed by atoms with van der Waals surface area (Å²) >= 11 is 0. The Morgan fingerprint density at radius 1 is 1.26 bits per heavy atom.